The highest BCUT2D eigenvalue weighted by Gasteiger charge is 2.26. The number of aromatic nitrogens is 2. The molecule has 158 valence electrons. The lowest BCUT2D eigenvalue weighted by Gasteiger charge is -2.19. The molecule has 0 atom stereocenters. The van der Waals surface area contributed by atoms with Gasteiger partial charge in [-0.3, -0.25) is 0 Å². The van der Waals surface area contributed by atoms with E-state index in [1.165, 1.54) is 10.4 Å². The van der Waals surface area contributed by atoms with Crippen LogP contribution in [0.15, 0.2) is 70.6 Å². The van der Waals surface area contributed by atoms with E-state index in [-0.39, 0.29) is 23.9 Å². The van der Waals surface area contributed by atoms with Crippen LogP contribution in [0.4, 0.5) is 0 Å². The van der Waals surface area contributed by atoms with Crippen LogP contribution in [0.5, 0.6) is 5.75 Å². The molecule has 0 spiro atoms. The zero-order chi connectivity index (χ0) is 21.7. The van der Waals surface area contributed by atoms with Crippen molar-refractivity contribution >= 4 is 10.0 Å². The average Bonchev–Trinajstić information content (AvgIpc) is 3.22. The van der Waals surface area contributed by atoms with Gasteiger partial charge in [0.15, 0.2) is 0 Å². The van der Waals surface area contributed by atoms with Crippen LogP contribution in [0.25, 0.3) is 11.4 Å². The summed E-state index contributed by atoms with van der Waals surface area (Å²) in [6.07, 6.45) is 1.53. The maximum atomic E-state index is 13.1. The second-order valence-electron chi connectivity index (χ2n) is 7.05. The first-order chi connectivity index (χ1) is 14.3. The summed E-state index contributed by atoms with van der Waals surface area (Å²) in [5.74, 6) is 1.62. The van der Waals surface area contributed by atoms with Crippen LogP contribution in [0.3, 0.4) is 0 Å². The zero-order valence-corrected chi connectivity index (χ0v) is 18.1. The molecular formula is C22H25N3O4S. The van der Waals surface area contributed by atoms with Crippen LogP contribution in [0.1, 0.15) is 31.2 Å². The van der Waals surface area contributed by atoms with Gasteiger partial charge >= 0.3 is 0 Å². The Hall–Kier alpha value is -2.97. The molecule has 0 fully saturated rings. The summed E-state index contributed by atoms with van der Waals surface area (Å²) in [6, 6.07) is 14.1. The zero-order valence-electron chi connectivity index (χ0n) is 17.3. The normalized spacial score (nSPS) is 11.8. The number of ether oxygens (including phenoxy) is 1. The number of hydrogen-bond acceptors (Lipinski definition) is 6. The molecule has 0 amide bonds. The van der Waals surface area contributed by atoms with Crippen LogP contribution >= 0.6 is 0 Å². The molecule has 0 N–H and O–H groups in total. The topological polar surface area (TPSA) is 85.5 Å². The second kappa shape index (κ2) is 9.23. The van der Waals surface area contributed by atoms with Crippen molar-refractivity contribution in [2.75, 3.05) is 13.7 Å². The Bertz CT molecular complexity index is 1090. The summed E-state index contributed by atoms with van der Waals surface area (Å²) in [4.78, 5) is 4.56. The van der Waals surface area contributed by atoms with Gasteiger partial charge in [-0.2, -0.15) is 9.29 Å². The fourth-order valence-electron chi connectivity index (χ4n) is 2.89. The van der Waals surface area contributed by atoms with Gasteiger partial charge in [-0.05, 0) is 47.9 Å². The third-order valence-electron chi connectivity index (χ3n) is 4.65. The van der Waals surface area contributed by atoms with Crippen molar-refractivity contribution in [2.45, 2.75) is 31.2 Å². The van der Waals surface area contributed by atoms with E-state index >= 15 is 0 Å². The van der Waals surface area contributed by atoms with Crippen molar-refractivity contribution in [3.8, 4) is 17.1 Å². The molecule has 30 heavy (non-hydrogen) atoms. The number of hydrogen-bond donors (Lipinski definition) is 0. The maximum absolute atomic E-state index is 13.1. The number of sulfonamides is 1. The second-order valence-corrected chi connectivity index (χ2v) is 8.99. The van der Waals surface area contributed by atoms with E-state index in [1.807, 2.05) is 24.3 Å². The van der Waals surface area contributed by atoms with Crippen LogP contribution < -0.4 is 4.74 Å². The highest BCUT2D eigenvalue weighted by Crippen LogP contribution is 2.23. The molecule has 0 bridgehead atoms. The number of rotatable bonds is 9. The van der Waals surface area contributed by atoms with Crippen molar-refractivity contribution < 1.29 is 17.7 Å². The van der Waals surface area contributed by atoms with Gasteiger partial charge in [0, 0.05) is 12.1 Å². The molecule has 3 aromatic rings. The molecule has 0 saturated heterocycles. The molecule has 0 saturated carbocycles. The SMILES string of the molecule is C=CCN(Cc1nc(-c2ccc(OC)cc2)no1)S(=O)(=O)c1ccc(C(C)C)cc1. The maximum Gasteiger partial charge on any atom is 0.243 e. The minimum absolute atomic E-state index is 0.0521. The van der Waals surface area contributed by atoms with Crippen molar-refractivity contribution in [1.82, 2.24) is 14.4 Å². The molecule has 7 nitrogen and oxygen atoms in total. The predicted octanol–water partition coefficient (Wildman–Crippen LogP) is 4.25. The minimum Gasteiger partial charge on any atom is -0.497 e. The van der Waals surface area contributed by atoms with Gasteiger partial charge in [0.25, 0.3) is 0 Å². The van der Waals surface area contributed by atoms with Gasteiger partial charge < -0.3 is 9.26 Å². The van der Waals surface area contributed by atoms with Gasteiger partial charge in [0.05, 0.1) is 18.6 Å². The van der Waals surface area contributed by atoms with E-state index in [0.717, 1.165) is 11.1 Å². The molecule has 1 aromatic heterocycles. The molecule has 0 aliphatic heterocycles. The summed E-state index contributed by atoms with van der Waals surface area (Å²) >= 11 is 0. The molecule has 1 heterocycles. The number of benzene rings is 2. The van der Waals surface area contributed by atoms with Crippen LogP contribution in [-0.2, 0) is 16.6 Å². The largest absolute Gasteiger partial charge is 0.497 e. The lowest BCUT2D eigenvalue weighted by atomic mass is 10.0. The summed E-state index contributed by atoms with van der Waals surface area (Å²) in [6.45, 7) is 7.86. The molecule has 0 aliphatic carbocycles. The average molecular weight is 428 g/mol. The Morgan fingerprint density at radius 2 is 1.80 bits per heavy atom. The Morgan fingerprint density at radius 1 is 1.13 bits per heavy atom. The Balaban J connectivity index is 1.82. The van der Waals surface area contributed by atoms with E-state index in [2.05, 4.69) is 30.6 Å². The molecule has 8 heteroatoms. The van der Waals surface area contributed by atoms with Crippen molar-refractivity contribution in [2.24, 2.45) is 0 Å². The first-order valence-electron chi connectivity index (χ1n) is 9.53. The van der Waals surface area contributed by atoms with Gasteiger partial charge in [0.2, 0.25) is 21.7 Å². The molecule has 0 aliphatic rings. The van der Waals surface area contributed by atoms with Crippen molar-refractivity contribution in [3.63, 3.8) is 0 Å². The van der Waals surface area contributed by atoms with Crippen LogP contribution in [0.2, 0.25) is 0 Å². The molecule has 3 rings (SSSR count). The third kappa shape index (κ3) is 4.77. The fraction of sp³-hybridized carbons (Fsp3) is 0.273. The molecule has 0 radical (unpaired) electrons. The van der Waals surface area contributed by atoms with E-state index in [9.17, 15) is 8.42 Å². The quantitative estimate of drug-likeness (QED) is 0.475. The van der Waals surface area contributed by atoms with E-state index in [1.54, 1.807) is 31.4 Å². The predicted molar refractivity (Wildman–Crippen MR) is 115 cm³/mol. The lowest BCUT2D eigenvalue weighted by Crippen LogP contribution is -2.31. The molecular weight excluding hydrogens is 402 g/mol. The first kappa shape index (κ1) is 21.7. The number of methoxy groups -OCH3 is 1. The van der Waals surface area contributed by atoms with Gasteiger partial charge in [0.1, 0.15) is 5.75 Å². The number of nitrogens with zero attached hydrogens (tertiary/aromatic N) is 3. The monoisotopic (exact) mass is 427 g/mol. The van der Waals surface area contributed by atoms with Crippen LogP contribution in [-0.4, -0.2) is 36.5 Å². The Kier molecular flexibility index (Phi) is 6.69. The lowest BCUT2D eigenvalue weighted by molar-refractivity contribution is 0.327. The fourth-order valence-corrected chi connectivity index (χ4v) is 4.25. The molecule has 2 aromatic carbocycles. The summed E-state index contributed by atoms with van der Waals surface area (Å²) in [5, 5.41) is 3.97. The van der Waals surface area contributed by atoms with Crippen molar-refractivity contribution in [3.05, 3.63) is 72.6 Å². The van der Waals surface area contributed by atoms with Crippen molar-refractivity contribution in [1.29, 1.82) is 0 Å². The summed E-state index contributed by atoms with van der Waals surface area (Å²) in [7, 11) is -2.16. The van der Waals surface area contributed by atoms with Gasteiger partial charge in [-0.25, -0.2) is 8.42 Å². The van der Waals surface area contributed by atoms with Crippen LogP contribution in [0, 0.1) is 0 Å². The first-order valence-corrected chi connectivity index (χ1v) is 11.0. The minimum atomic E-state index is -3.75. The third-order valence-corrected chi connectivity index (χ3v) is 6.47. The standard InChI is InChI=1S/C22H25N3O4S/c1-5-14-25(30(26,27)20-12-8-17(9-13-20)16(2)3)15-21-23-22(24-29-21)18-6-10-19(28-4)11-7-18/h5-13,16H,1,14-15H2,2-4H3. The van der Waals surface area contributed by atoms with E-state index < -0.39 is 10.0 Å². The smallest absolute Gasteiger partial charge is 0.243 e. The van der Waals surface area contributed by atoms with Gasteiger partial charge in [-0.15, -0.1) is 6.58 Å². The Morgan fingerprint density at radius 3 is 2.37 bits per heavy atom. The summed E-state index contributed by atoms with van der Waals surface area (Å²) in [5.41, 5.74) is 1.82. The summed E-state index contributed by atoms with van der Waals surface area (Å²) < 4.78 is 38.0. The van der Waals surface area contributed by atoms with Gasteiger partial charge in [-0.1, -0.05) is 37.2 Å². The Labute approximate surface area is 177 Å². The highest BCUT2D eigenvalue weighted by molar-refractivity contribution is 7.89. The van der Waals surface area contributed by atoms with E-state index in [0.29, 0.717) is 17.5 Å². The highest BCUT2D eigenvalue weighted by atomic mass is 32.2. The van der Waals surface area contributed by atoms with E-state index in [4.69, 9.17) is 9.26 Å². The molecule has 0 unspecified atom stereocenters.